The van der Waals surface area contributed by atoms with Crippen molar-refractivity contribution in [3.63, 3.8) is 0 Å². The number of benzene rings is 2. The number of hydrogen-bond donors (Lipinski definition) is 1. The molecule has 0 aromatic heterocycles. The molecule has 1 fully saturated rings. The molecule has 44 heavy (non-hydrogen) atoms. The van der Waals surface area contributed by atoms with E-state index in [1.807, 2.05) is 12.1 Å². The van der Waals surface area contributed by atoms with Crippen LogP contribution in [0.25, 0.3) is 11.1 Å². The van der Waals surface area contributed by atoms with E-state index in [1.165, 1.54) is 10.5 Å². The fourth-order valence-electron chi connectivity index (χ4n) is 6.43. The second-order valence-electron chi connectivity index (χ2n) is 12.5. The highest BCUT2D eigenvalue weighted by Gasteiger charge is 2.44. The first kappa shape index (κ1) is 31.9. The Kier molecular flexibility index (Phi) is 8.56. The first-order valence-electron chi connectivity index (χ1n) is 14.6. The summed E-state index contributed by atoms with van der Waals surface area (Å²) in [6.45, 7) is 7.63. The summed E-state index contributed by atoms with van der Waals surface area (Å²) >= 11 is 0. The van der Waals surface area contributed by atoms with E-state index in [2.05, 4.69) is 31.3 Å². The van der Waals surface area contributed by atoms with Crippen LogP contribution >= 0.6 is 0 Å². The van der Waals surface area contributed by atoms with Crippen LogP contribution in [0.3, 0.4) is 0 Å². The van der Waals surface area contributed by atoms with Crippen LogP contribution in [-0.2, 0) is 17.1 Å². The fourth-order valence-corrected chi connectivity index (χ4v) is 6.43. The molecule has 238 valence electrons. The number of nitrogens with zero attached hydrogens (tertiary/aromatic N) is 1. The zero-order valence-electron chi connectivity index (χ0n) is 25.1. The van der Waals surface area contributed by atoms with Gasteiger partial charge in [0.05, 0.1) is 24.3 Å². The van der Waals surface area contributed by atoms with Crippen LogP contribution in [-0.4, -0.2) is 43.8 Å². The lowest BCUT2D eigenvalue weighted by atomic mass is 9.72. The van der Waals surface area contributed by atoms with Crippen molar-refractivity contribution in [3.05, 3.63) is 75.9 Å². The maximum Gasteiger partial charge on any atom is 0.416 e. The van der Waals surface area contributed by atoms with Gasteiger partial charge in [-0.3, -0.25) is 4.90 Å². The average molecular weight is 623 g/mol. The van der Waals surface area contributed by atoms with Crippen molar-refractivity contribution in [2.24, 2.45) is 5.41 Å². The van der Waals surface area contributed by atoms with Crippen LogP contribution in [0.5, 0.6) is 5.75 Å². The number of nitrogens with one attached hydrogen (secondary N) is 1. The zero-order chi connectivity index (χ0) is 32.0. The van der Waals surface area contributed by atoms with Crippen LogP contribution in [0.15, 0.2) is 48.0 Å². The summed E-state index contributed by atoms with van der Waals surface area (Å²) in [4.78, 5) is 14.6. The number of amides is 1. The van der Waals surface area contributed by atoms with E-state index >= 15 is 0 Å². The van der Waals surface area contributed by atoms with Crippen molar-refractivity contribution < 1.29 is 40.6 Å². The molecule has 0 radical (unpaired) electrons. The maximum absolute atomic E-state index is 13.6. The van der Waals surface area contributed by atoms with E-state index in [4.69, 9.17) is 9.47 Å². The van der Waals surface area contributed by atoms with Gasteiger partial charge in [0.2, 0.25) is 0 Å². The van der Waals surface area contributed by atoms with E-state index in [1.54, 1.807) is 14.0 Å². The van der Waals surface area contributed by atoms with Gasteiger partial charge in [0, 0.05) is 18.7 Å². The number of cyclic esters (lactones) is 1. The standard InChI is InChI=1S/C33H36F6N2O3/c1-19-29(22-13-24(32(34,35)36)16-25(14-22)33(37,38)39)44-30(42)41(19)18-23-17-31(2,3)10-7-26(23)27-15-21(5-6-28(27)43-4)20-8-11-40-12-9-20/h5-6,8,13-16,19,29,40H,7,9-12,17-18H2,1-4H3/t19-,29-/m0/s1. The smallest absolute Gasteiger partial charge is 0.416 e. The second kappa shape index (κ2) is 11.8. The van der Waals surface area contributed by atoms with Crippen LogP contribution < -0.4 is 10.1 Å². The Morgan fingerprint density at radius 3 is 2.30 bits per heavy atom. The molecule has 0 spiro atoms. The first-order valence-corrected chi connectivity index (χ1v) is 14.6. The van der Waals surface area contributed by atoms with Crippen LogP contribution in [0.2, 0.25) is 0 Å². The van der Waals surface area contributed by atoms with E-state index in [9.17, 15) is 31.1 Å². The molecule has 0 bridgehead atoms. The van der Waals surface area contributed by atoms with Gasteiger partial charge in [-0.2, -0.15) is 26.3 Å². The highest BCUT2D eigenvalue weighted by atomic mass is 19.4. The Bertz CT molecular complexity index is 1460. The number of methoxy groups -OCH3 is 1. The SMILES string of the molecule is COc1ccc(C2=CCNCC2)cc1C1=C(CN2C(=O)O[C@H](c3cc(C(F)(F)F)cc(C(F)(F)F)c3)[C@@H]2C)CC(C)(C)CC1. The highest BCUT2D eigenvalue weighted by Crippen LogP contribution is 2.47. The molecular weight excluding hydrogens is 586 g/mol. The Hall–Kier alpha value is -3.47. The van der Waals surface area contributed by atoms with Gasteiger partial charge < -0.3 is 14.8 Å². The number of allylic oxidation sites excluding steroid dienone is 1. The van der Waals surface area contributed by atoms with Crippen LogP contribution in [0, 0.1) is 5.41 Å². The summed E-state index contributed by atoms with van der Waals surface area (Å²) in [6, 6.07) is 6.60. The predicted molar refractivity (Wildman–Crippen MR) is 155 cm³/mol. The van der Waals surface area contributed by atoms with Crippen molar-refractivity contribution in [1.29, 1.82) is 0 Å². The summed E-state index contributed by atoms with van der Waals surface area (Å²) in [5.74, 6) is 0.689. The number of hydrogen-bond acceptors (Lipinski definition) is 4. The van der Waals surface area contributed by atoms with Gasteiger partial charge in [-0.25, -0.2) is 4.79 Å². The third kappa shape index (κ3) is 6.62. The van der Waals surface area contributed by atoms with Crippen LogP contribution in [0.4, 0.5) is 31.1 Å². The molecule has 5 nitrogen and oxygen atoms in total. The minimum absolute atomic E-state index is 0.0747. The van der Waals surface area contributed by atoms with Gasteiger partial charge in [0.1, 0.15) is 11.9 Å². The molecule has 1 saturated heterocycles. The largest absolute Gasteiger partial charge is 0.496 e. The molecule has 11 heteroatoms. The molecule has 2 aliphatic heterocycles. The molecule has 1 N–H and O–H groups in total. The highest BCUT2D eigenvalue weighted by molar-refractivity contribution is 5.79. The van der Waals surface area contributed by atoms with E-state index in [0.29, 0.717) is 30.7 Å². The number of halogens is 6. The van der Waals surface area contributed by atoms with Crippen molar-refractivity contribution in [1.82, 2.24) is 10.2 Å². The second-order valence-corrected chi connectivity index (χ2v) is 12.5. The van der Waals surface area contributed by atoms with Crippen molar-refractivity contribution in [2.45, 2.75) is 71.0 Å². The van der Waals surface area contributed by atoms with E-state index < -0.39 is 41.7 Å². The molecular formula is C33H36F6N2O3. The maximum atomic E-state index is 13.6. The molecule has 2 atom stereocenters. The van der Waals surface area contributed by atoms with Crippen molar-refractivity contribution >= 4 is 17.2 Å². The van der Waals surface area contributed by atoms with Gasteiger partial charge in [0.25, 0.3) is 0 Å². The Balaban J connectivity index is 1.52. The molecule has 0 saturated carbocycles. The molecule has 2 heterocycles. The lowest BCUT2D eigenvalue weighted by molar-refractivity contribution is -0.143. The lowest BCUT2D eigenvalue weighted by Crippen LogP contribution is -2.35. The van der Waals surface area contributed by atoms with E-state index in [-0.39, 0.29) is 23.6 Å². The lowest BCUT2D eigenvalue weighted by Gasteiger charge is -2.36. The molecule has 5 rings (SSSR count). The topological polar surface area (TPSA) is 50.8 Å². The molecule has 1 amide bonds. The predicted octanol–water partition coefficient (Wildman–Crippen LogP) is 8.66. The fraction of sp³-hybridized carbons (Fsp3) is 0.485. The summed E-state index contributed by atoms with van der Waals surface area (Å²) in [6.07, 6.45) is -6.82. The quantitative estimate of drug-likeness (QED) is 0.328. The molecule has 2 aromatic carbocycles. The summed E-state index contributed by atoms with van der Waals surface area (Å²) < 4.78 is 92.6. The monoisotopic (exact) mass is 622 g/mol. The van der Waals surface area contributed by atoms with Crippen molar-refractivity contribution in [3.8, 4) is 5.75 Å². The Morgan fingerprint density at radius 2 is 1.70 bits per heavy atom. The first-order chi connectivity index (χ1) is 20.6. The van der Waals surface area contributed by atoms with Crippen LogP contribution in [0.1, 0.15) is 80.4 Å². The Morgan fingerprint density at radius 1 is 1.02 bits per heavy atom. The molecule has 3 aliphatic rings. The average Bonchev–Trinajstić information content (AvgIpc) is 3.24. The number of carbonyl (C=O) groups is 1. The van der Waals surface area contributed by atoms with Gasteiger partial charge in [0.15, 0.2) is 0 Å². The van der Waals surface area contributed by atoms with Gasteiger partial charge in [-0.1, -0.05) is 26.0 Å². The van der Waals surface area contributed by atoms with Gasteiger partial charge >= 0.3 is 18.4 Å². The third-order valence-corrected chi connectivity index (χ3v) is 8.82. The van der Waals surface area contributed by atoms with E-state index in [0.717, 1.165) is 48.2 Å². The third-order valence-electron chi connectivity index (χ3n) is 8.82. The Labute approximate surface area is 252 Å². The summed E-state index contributed by atoms with van der Waals surface area (Å²) in [7, 11) is 1.60. The molecule has 2 aromatic rings. The van der Waals surface area contributed by atoms with Gasteiger partial charge in [-0.05, 0) is 103 Å². The molecule has 0 unspecified atom stereocenters. The molecule has 1 aliphatic carbocycles. The summed E-state index contributed by atoms with van der Waals surface area (Å²) in [5.41, 5.74) is 1.88. The zero-order valence-corrected chi connectivity index (χ0v) is 25.1. The minimum Gasteiger partial charge on any atom is -0.496 e. The normalized spacial score (nSPS) is 22.6. The van der Waals surface area contributed by atoms with Crippen molar-refractivity contribution in [2.75, 3.05) is 26.7 Å². The minimum atomic E-state index is -5.01. The summed E-state index contributed by atoms with van der Waals surface area (Å²) in [5, 5.41) is 3.31. The number of ether oxygens (including phenoxy) is 2. The van der Waals surface area contributed by atoms with Gasteiger partial charge in [-0.15, -0.1) is 0 Å². The number of carbonyl (C=O) groups excluding carboxylic acids is 1. The number of alkyl halides is 6. The number of rotatable bonds is 6.